The molecule has 6 heteroatoms. The summed E-state index contributed by atoms with van der Waals surface area (Å²) >= 11 is 0. The van der Waals surface area contributed by atoms with Crippen LogP contribution in [0.25, 0.3) is 6.08 Å². The third kappa shape index (κ3) is 3.52. The minimum atomic E-state index is -1.11. The van der Waals surface area contributed by atoms with E-state index in [1.807, 2.05) is 13.0 Å². The molecule has 3 rings (SSSR count). The van der Waals surface area contributed by atoms with E-state index in [2.05, 4.69) is 6.07 Å². The summed E-state index contributed by atoms with van der Waals surface area (Å²) in [6, 6.07) is 13.3. The van der Waals surface area contributed by atoms with Gasteiger partial charge in [0.2, 0.25) is 0 Å². The van der Waals surface area contributed by atoms with Gasteiger partial charge >= 0.3 is 0 Å². The van der Waals surface area contributed by atoms with E-state index in [0.29, 0.717) is 11.1 Å². The van der Waals surface area contributed by atoms with E-state index in [1.54, 1.807) is 51.4 Å². The SMILES string of the molecule is Cc1cccc(C#N)c1C=C1C(=O)N(C)C(C)(Cc2ccc(F)cc2)C(=O)N1C. The molecule has 0 radical (unpaired) electrons. The molecule has 29 heavy (non-hydrogen) atoms. The molecule has 0 aromatic heterocycles. The fourth-order valence-corrected chi connectivity index (χ4v) is 3.61. The van der Waals surface area contributed by atoms with Crippen LogP contribution < -0.4 is 0 Å². The van der Waals surface area contributed by atoms with Gasteiger partial charge in [-0.3, -0.25) is 9.59 Å². The lowest BCUT2D eigenvalue weighted by Crippen LogP contribution is -2.64. The van der Waals surface area contributed by atoms with Crippen molar-refractivity contribution < 1.29 is 14.0 Å². The zero-order chi connectivity index (χ0) is 21.3. The van der Waals surface area contributed by atoms with Crippen molar-refractivity contribution in [3.63, 3.8) is 0 Å². The largest absolute Gasteiger partial charge is 0.326 e. The molecule has 0 aliphatic carbocycles. The summed E-state index contributed by atoms with van der Waals surface area (Å²) in [6.45, 7) is 3.56. The number of nitrogens with zero attached hydrogens (tertiary/aromatic N) is 3. The van der Waals surface area contributed by atoms with Crippen LogP contribution in [0.3, 0.4) is 0 Å². The smallest absolute Gasteiger partial charge is 0.271 e. The molecule has 0 saturated carbocycles. The third-order valence-corrected chi connectivity index (χ3v) is 5.58. The molecule has 0 spiro atoms. The second-order valence-corrected chi connectivity index (χ2v) is 7.48. The molecule has 2 aromatic rings. The summed E-state index contributed by atoms with van der Waals surface area (Å²) in [6.07, 6.45) is 1.86. The first-order valence-electron chi connectivity index (χ1n) is 9.21. The number of likely N-dealkylation sites (N-methyl/N-ethyl adjacent to an activating group) is 2. The minimum absolute atomic E-state index is 0.208. The fraction of sp³-hybridized carbons (Fsp3) is 0.261. The third-order valence-electron chi connectivity index (χ3n) is 5.58. The molecule has 0 bridgehead atoms. The molecule has 1 saturated heterocycles. The molecule has 0 N–H and O–H groups in total. The Hall–Kier alpha value is -3.46. The number of carbonyl (C=O) groups is 2. The number of rotatable bonds is 3. The highest BCUT2D eigenvalue weighted by molar-refractivity contribution is 6.09. The number of carbonyl (C=O) groups excluding carboxylic acids is 2. The van der Waals surface area contributed by atoms with Gasteiger partial charge < -0.3 is 9.80 Å². The Morgan fingerprint density at radius 2 is 1.79 bits per heavy atom. The van der Waals surface area contributed by atoms with E-state index in [1.165, 1.54) is 21.9 Å². The Bertz CT molecular complexity index is 1050. The first kappa shape index (κ1) is 20.3. The van der Waals surface area contributed by atoms with Gasteiger partial charge in [-0.1, -0.05) is 24.3 Å². The van der Waals surface area contributed by atoms with Crippen molar-refractivity contribution in [2.24, 2.45) is 0 Å². The molecule has 1 unspecified atom stereocenters. The maximum Gasteiger partial charge on any atom is 0.271 e. The highest BCUT2D eigenvalue weighted by atomic mass is 19.1. The van der Waals surface area contributed by atoms with E-state index in [-0.39, 0.29) is 29.7 Å². The number of hydrogen-bond donors (Lipinski definition) is 0. The minimum Gasteiger partial charge on any atom is -0.326 e. The molecular formula is C23H22FN3O2. The Labute approximate surface area is 169 Å². The van der Waals surface area contributed by atoms with Gasteiger partial charge in [0.15, 0.2) is 0 Å². The van der Waals surface area contributed by atoms with Gasteiger partial charge in [-0.05, 0) is 54.8 Å². The molecule has 5 nitrogen and oxygen atoms in total. The highest BCUT2D eigenvalue weighted by Crippen LogP contribution is 2.32. The van der Waals surface area contributed by atoms with Crippen LogP contribution in [0.1, 0.15) is 29.2 Å². The van der Waals surface area contributed by atoms with E-state index in [9.17, 15) is 19.2 Å². The molecular weight excluding hydrogens is 369 g/mol. The van der Waals surface area contributed by atoms with Gasteiger partial charge in [-0.25, -0.2) is 4.39 Å². The second kappa shape index (κ2) is 7.51. The Kier molecular flexibility index (Phi) is 5.25. The van der Waals surface area contributed by atoms with Crippen molar-refractivity contribution in [1.82, 2.24) is 9.80 Å². The lowest BCUT2D eigenvalue weighted by atomic mass is 9.86. The topological polar surface area (TPSA) is 64.4 Å². The van der Waals surface area contributed by atoms with Crippen molar-refractivity contribution in [2.45, 2.75) is 25.8 Å². The summed E-state index contributed by atoms with van der Waals surface area (Å²) in [5, 5.41) is 9.39. The van der Waals surface area contributed by atoms with Crippen LogP contribution >= 0.6 is 0 Å². The second-order valence-electron chi connectivity index (χ2n) is 7.48. The summed E-state index contributed by atoms with van der Waals surface area (Å²) < 4.78 is 13.2. The van der Waals surface area contributed by atoms with Crippen LogP contribution in [0, 0.1) is 24.1 Å². The molecule has 1 aliphatic heterocycles. The molecule has 1 aliphatic rings. The first-order valence-corrected chi connectivity index (χ1v) is 9.21. The summed E-state index contributed by atoms with van der Waals surface area (Å²) in [7, 11) is 3.15. The Morgan fingerprint density at radius 3 is 2.41 bits per heavy atom. The van der Waals surface area contributed by atoms with E-state index >= 15 is 0 Å². The molecule has 2 aromatic carbocycles. The normalized spacial score (nSPS) is 20.9. The average molecular weight is 391 g/mol. The monoisotopic (exact) mass is 391 g/mol. The predicted molar refractivity (Wildman–Crippen MR) is 108 cm³/mol. The van der Waals surface area contributed by atoms with Crippen molar-refractivity contribution in [3.8, 4) is 6.07 Å². The van der Waals surface area contributed by atoms with Crippen LogP contribution in [0.15, 0.2) is 48.2 Å². The van der Waals surface area contributed by atoms with E-state index in [4.69, 9.17) is 0 Å². The number of hydrogen-bond acceptors (Lipinski definition) is 3. The zero-order valence-corrected chi connectivity index (χ0v) is 16.9. The molecule has 1 fully saturated rings. The number of piperazine rings is 1. The summed E-state index contributed by atoms with van der Waals surface area (Å²) in [4.78, 5) is 29.2. The zero-order valence-electron chi connectivity index (χ0n) is 16.9. The van der Waals surface area contributed by atoms with Gasteiger partial charge in [-0.15, -0.1) is 0 Å². The van der Waals surface area contributed by atoms with Crippen molar-refractivity contribution in [2.75, 3.05) is 14.1 Å². The Morgan fingerprint density at radius 1 is 1.14 bits per heavy atom. The maximum absolute atomic E-state index is 13.3. The van der Waals surface area contributed by atoms with E-state index < -0.39 is 5.54 Å². The number of aryl methyl sites for hydroxylation is 1. The summed E-state index contributed by atoms with van der Waals surface area (Å²) in [5.74, 6) is -0.918. The Balaban J connectivity index is 2.01. The summed E-state index contributed by atoms with van der Waals surface area (Å²) in [5.41, 5.74) is 1.76. The van der Waals surface area contributed by atoms with Gasteiger partial charge in [0.1, 0.15) is 17.1 Å². The van der Waals surface area contributed by atoms with Crippen LogP contribution in [0.4, 0.5) is 4.39 Å². The predicted octanol–water partition coefficient (Wildman–Crippen LogP) is 3.28. The standard InChI is InChI=1S/C23H22FN3O2/c1-15-6-5-7-17(14-25)19(15)12-20-21(28)27(4)23(2,22(29)26(20)3)13-16-8-10-18(24)11-9-16/h5-12H,13H2,1-4H3. The number of halogens is 1. The van der Waals surface area contributed by atoms with Crippen LogP contribution in [0.2, 0.25) is 0 Å². The molecule has 1 heterocycles. The van der Waals surface area contributed by atoms with Gasteiger partial charge in [0.05, 0.1) is 11.6 Å². The maximum atomic E-state index is 13.3. The van der Waals surface area contributed by atoms with Crippen molar-refractivity contribution >= 4 is 17.9 Å². The first-order chi connectivity index (χ1) is 13.7. The highest BCUT2D eigenvalue weighted by Gasteiger charge is 2.48. The van der Waals surface area contributed by atoms with Crippen molar-refractivity contribution in [3.05, 3.63) is 76.2 Å². The number of amides is 2. The van der Waals surface area contributed by atoms with Gasteiger partial charge in [0, 0.05) is 20.5 Å². The fourth-order valence-electron chi connectivity index (χ4n) is 3.61. The van der Waals surface area contributed by atoms with Gasteiger partial charge in [0.25, 0.3) is 11.8 Å². The molecule has 2 amide bonds. The molecule has 148 valence electrons. The van der Waals surface area contributed by atoms with Crippen LogP contribution in [0.5, 0.6) is 0 Å². The van der Waals surface area contributed by atoms with Gasteiger partial charge in [-0.2, -0.15) is 5.26 Å². The number of benzene rings is 2. The number of nitriles is 1. The lowest BCUT2D eigenvalue weighted by molar-refractivity contribution is -0.155. The lowest BCUT2D eigenvalue weighted by Gasteiger charge is -2.45. The van der Waals surface area contributed by atoms with E-state index in [0.717, 1.165) is 11.1 Å². The average Bonchev–Trinajstić information content (AvgIpc) is 2.71. The van der Waals surface area contributed by atoms with Crippen molar-refractivity contribution in [1.29, 1.82) is 5.26 Å². The molecule has 1 atom stereocenters. The van der Waals surface area contributed by atoms with Crippen LogP contribution in [-0.4, -0.2) is 41.2 Å². The van der Waals surface area contributed by atoms with Crippen LogP contribution in [-0.2, 0) is 16.0 Å². The quantitative estimate of drug-likeness (QED) is 0.755.